The number of pyridine rings is 1. The Kier molecular flexibility index (Phi) is 4.96. The highest BCUT2D eigenvalue weighted by atomic mass is 79.9. The zero-order valence-corrected chi connectivity index (χ0v) is 14.5. The molecule has 2 heterocycles. The van der Waals surface area contributed by atoms with Gasteiger partial charge in [0.2, 0.25) is 0 Å². The summed E-state index contributed by atoms with van der Waals surface area (Å²) in [6.45, 7) is 8.68. The van der Waals surface area contributed by atoms with Gasteiger partial charge in [-0.05, 0) is 42.8 Å². The van der Waals surface area contributed by atoms with E-state index >= 15 is 0 Å². The molecule has 0 aromatic carbocycles. The van der Waals surface area contributed by atoms with E-state index < -0.39 is 0 Å². The fourth-order valence-electron chi connectivity index (χ4n) is 2.27. The Balaban J connectivity index is 2.26. The first-order valence-electron chi connectivity index (χ1n) is 6.75. The second kappa shape index (κ2) is 6.35. The molecule has 1 aliphatic rings. The van der Waals surface area contributed by atoms with Crippen LogP contribution in [0.25, 0.3) is 0 Å². The van der Waals surface area contributed by atoms with Gasteiger partial charge in [-0.25, -0.2) is 4.98 Å². The number of amides is 1. The first-order valence-corrected chi connectivity index (χ1v) is 8.53. The molecule has 20 heavy (non-hydrogen) atoms. The van der Waals surface area contributed by atoms with Crippen LogP contribution < -0.4 is 5.32 Å². The van der Waals surface area contributed by atoms with Gasteiger partial charge in [0.05, 0.1) is 5.56 Å². The van der Waals surface area contributed by atoms with Crippen molar-refractivity contribution in [2.75, 3.05) is 30.7 Å². The van der Waals surface area contributed by atoms with E-state index in [2.05, 4.69) is 40.1 Å². The molecule has 0 unspecified atom stereocenters. The van der Waals surface area contributed by atoms with Gasteiger partial charge in [0.1, 0.15) is 5.82 Å². The largest absolute Gasteiger partial charge is 0.370 e. The lowest BCUT2D eigenvalue weighted by atomic mass is 10.1. The number of aromatic nitrogens is 1. The lowest BCUT2D eigenvalue weighted by Crippen LogP contribution is -2.46. The lowest BCUT2D eigenvalue weighted by molar-refractivity contribution is 0.0748. The average Bonchev–Trinajstić information content (AvgIpc) is 2.39. The summed E-state index contributed by atoms with van der Waals surface area (Å²) in [7, 11) is 0. The van der Waals surface area contributed by atoms with E-state index in [9.17, 15) is 4.79 Å². The van der Waals surface area contributed by atoms with Crippen LogP contribution >= 0.6 is 27.7 Å². The highest BCUT2D eigenvalue weighted by molar-refractivity contribution is 9.10. The molecule has 1 amide bonds. The molecule has 1 fully saturated rings. The minimum atomic E-state index is 0.0584. The summed E-state index contributed by atoms with van der Waals surface area (Å²) >= 11 is 5.32. The molecular formula is C14H20BrN3OS. The molecule has 0 aliphatic carbocycles. The first kappa shape index (κ1) is 15.6. The maximum atomic E-state index is 12.8. The van der Waals surface area contributed by atoms with Gasteiger partial charge in [0, 0.05) is 40.8 Å². The Morgan fingerprint density at radius 3 is 3.00 bits per heavy atom. The summed E-state index contributed by atoms with van der Waals surface area (Å²) in [5.41, 5.74) is 0.643. The number of carbonyl (C=O) groups excluding carboxylic acids is 1. The van der Waals surface area contributed by atoms with Crippen molar-refractivity contribution in [1.82, 2.24) is 9.88 Å². The fraction of sp³-hybridized carbons (Fsp3) is 0.571. The van der Waals surface area contributed by atoms with E-state index in [1.165, 1.54) is 0 Å². The van der Waals surface area contributed by atoms with E-state index in [-0.39, 0.29) is 10.7 Å². The van der Waals surface area contributed by atoms with Crippen LogP contribution in [0.5, 0.6) is 0 Å². The maximum absolute atomic E-state index is 12.8. The van der Waals surface area contributed by atoms with Gasteiger partial charge in [0.15, 0.2) is 0 Å². The molecular weight excluding hydrogens is 338 g/mol. The Hall–Kier alpha value is -0.750. The van der Waals surface area contributed by atoms with Crippen LogP contribution in [0.4, 0.5) is 5.82 Å². The number of hydrogen-bond acceptors (Lipinski definition) is 4. The third-order valence-electron chi connectivity index (χ3n) is 3.14. The number of thioether (sulfide) groups is 1. The molecule has 0 saturated carbocycles. The SMILES string of the molecule is CCNc1ncc(Br)cc1C(=O)N1CCSC(C)(C)C1. The number of nitrogens with zero attached hydrogens (tertiary/aromatic N) is 2. The van der Waals surface area contributed by atoms with Crippen molar-refractivity contribution in [3.63, 3.8) is 0 Å². The predicted molar refractivity (Wildman–Crippen MR) is 88.5 cm³/mol. The van der Waals surface area contributed by atoms with Crippen molar-refractivity contribution in [2.24, 2.45) is 0 Å². The third kappa shape index (κ3) is 3.67. The Morgan fingerprint density at radius 2 is 2.35 bits per heavy atom. The van der Waals surface area contributed by atoms with E-state index in [1.54, 1.807) is 6.20 Å². The van der Waals surface area contributed by atoms with E-state index in [4.69, 9.17) is 0 Å². The van der Waals surface area contributed by atoms with Gasteiger partial charge < -0.3 is 10.2 Å². The van der Waals surface area contributed by atoms with Crippen molar-refractivity contribution >= 4 is 39.4 Å². The summed E-state index contributed by atoms with van der Waals surface area (Å²) in [5.74, 6) is 1.70. The third-order valence-corrected chi connectivity index (χ3v) is 4.87. The zero-order valence-electron chi connectivity index (χ0n) is 12.1. The van der Waals surface area contributed by atoms with Crippen molar-refractivity contribution in [3.8, 4) is 0 Å². The molecule has 1 aliphatic heterocycles. The highest BCUT2D eigenvalue weighted by Crippen LogP contribution is 2.31. The van der Waals surface area contributed by atoms with E-state index in [0.717, 1.165) is 29.9 Å². The molecule has 2 rings (SSSR count). The summed E-state index contributed by atoms with van der Waals surface area (Å²) in [6, 6.07) is 1.85. The van der Waals surface area contributed by atoms with Crippen molar-refractivity contribution in [1.29, 1.82) is 0 Å². The quantitative estimate of drug-likeness (QED) is 0.901. The van der Waals surface area contributed by atoms with Gasteiger partial charge in [-0.3, -0.25) is 4.79 Å². The van der Waals surface area contributed by atoms with E-state index in [0.29, 0.717) is 11.4 Å². The normalized spacial score (nSPS) is 17.9. The second-order valence-corrected chi connectivity index (χ2v) is 8.13. The molecule has 0 spiro atoms. The number of halogens is 1. The van der Waals surface area contributed by atoms with Crippen LogP contribution in [-0.4, -0.2) is 45.9 Å². The average molecular weight is 358 g/mol. The molecule has 110 valence electrons. The summed E-state index contributed by atoms with van der Waals surface area (Å²) in [5, 5.41) is 3.16. The summed E-state index contributed by atoms with van der Waals surface area (Å²) in [6.07, 6.45) is 1.71. The Morgan fingerprint density at radius 1 is 1.60 bits per heavy atom. The minimum Gasteiger partial charge on any atom is -0.370 e. The van der Waals surface area contributed by atoms with Gasteiger partial charge in [-0.15, -0.1) is 0 Å². The molecule has 1 saturated heterocycles. The number of rotatable bonds is 3. The molecule has 1 N–H and O–H groups in total. The smallest absolute Gasteiger partial charge is 0.257 e. The van der Waals surface area contributed by atoms with Crippen molar-refractivity contribution in [2.45, 2.75) is 25.5 Å². The Bertz CT molecular complexity index is 507. The molecule has 0 radical (unpaired) electrons. The maximum Gasteiger partial charge on any atom is 0.257 e. The van der Waals surface area contributed by atoms with Gasteiger partial charge in [-0.1, -0.05) is 0 Å². The predicted octanol–water partition coefficient (Wildman–Crippen LogP) is 3.24. The van der Waals surface area contributed by atoms with Crippen LogP contribution in [0, 0.1) is 0 Å². The minimum absolute atomic E-state index is 0.0584. The molecule has 4 nitrogen and oxygen atoms in total. The molecule has 1 aromatic heterocycles. The lowest BCUT2D eigenvalue weighted by Gasteiger charge is -2.37. The van der Waals surface area contributed by atoms with Crippen molar-refractivity contribution in [3.05, 3.63) is 22.3 Å². The highest BCUT2D eigenvalue weighted by Gasteiger charge is 2.31. The number of hydrogen-bond donors (Lipinski definition) is 1. The zero-order chi connectivity index (χ0) is 14.8. The fourth-order valence-corrected chi connectivity index (χ4v) is 3.71. The second-order valence-electron chi connectivity index (χ2n) is 5.41. The molecule has 0 bridgehead atoms. The number of nitrogens with one attached hydrogen (secondary N) is 1. The standard InChI is InChI=1S/C14H20BrN3OS/c1-4-16-12-11(7-10(15)8-17-12)13(19)18-5-6-20-14(2,3)9-18/h7-8H,4-6,9H2,1-3H3,(H,16,17). The van der Waals surface area contributed by atoms with Crippen LogP contribution in [0.1, 0.15) is 31.1 Å². The van der Waals surface area contributed by atoms with Crippen LogP contribution in [0.2, 0.25) is 0 Å². The first-order chi connectivity index (χ1) is 9.43. The Labute approximate surface area is 132 Å². The molecule has 1 aromatic rings. The van der Waals surface area contributed by atoms with Gasteiger partial charge in [-0.2, -0.15) is 11.8 Å². The number of carbonyl (C=O) groups is 1. The molecule has 0 atom stereocenters. The van der Waals surface area contributed by atoms with E-state index in [1.807, 2.05) is 29.7 Å². The topological polar surface area (TPSA) is 45.2 Å². The van der Waals surface area contributed by atoms with Gasteiger partial charge in [0.25, 0.3) is 5.91 Å². The van der Waals surface area contributed by atoms with Crippen LogP contribution in [-0.2, 0) is 0 Å². The summed E-state index contributed by atoms with van der Waals surface area (Å²) < 4.78 is 0.944. The van der Waals surface area contributed by atoms with Crippen LogP contribution in [0.15, 0.2) is 16.7 Å². The van der Waals surface area contributed by atoms with Crippen LogP contribution in [0.3, 0.4) is 0 Å². The molecule has 6 heteroatoms. The van der Waals surface area contributed by atoms with Gasteiger partial charge >= 0.3 is 0 Å². The monoisotopic (exact) mass is 357 g/mol. The number of anilines is 1. The summed E-state index contributed by atoms with van der Waals surface area (Å²) in [4.78, 5) is 19.0. The van der Waals surface area contributed by atoms with Crippen molar-refractivity contribution < 1.29 is 4.79 Å².